The van der Waals surface area contributed by atoms with E-state index in [4.69, 9.17) is 4.74 Å². The molecule has 1 aliphatic heterocycles. The number of hydrogen-bond donors (Lipinski definition) is 1. The Morgan fingerprint density at radius 3 is 2.54 bits per heavy atom. The third-order valence-corrected chi connectivity index (χ3v) is 4.45. The largest absolute Gasteiger partial charge is 0.477 e. The van der Waals surface area contributed by atoms with Gasteiger partial charge in [-0.25, -0.2) is 19.0 Å². The number of carbonyl (C=O) groups excluding carboxylic acids is 1. The number of aromatic carboxylic acids is 1. The van der Waals surface area contributed by atoms with Crippen molar-refractivity contribution < 1.29 is 23.8 Å². The molecule has 0 radical (unpaired) electrons. The van der Waals surface area contributed by atoms with Crippen LogP contribution in [0.5, 0.6) is 0 Å². The number of fused-ring (bicyclic) bond motifs is 1. The minimum absolute atomic E-state index is 0.0677. The van der Waals surface area contributed by atoms with Crippen LogP contribution in [0.2, 0.25) is 0 Å². The zero-order valence-electron chi connectivity index (χ0n) is 16.2. The molecule has 0 saturated heterocycles. The molecule has 2 aromatic rings. The second-order valence-corrected chi connectivity index (χ2v) is 7.85. The predicted molar refractivity (Wildman–Crippen MR) is 101 cm³/mol. The molecule has 0 bridgehead atoms. The molecule has 0 spiro atoms. The molecule has 0 saturated carbocycles. The third-order valence-electron chi connectivity index (χ3n) is 4.45. The zero-order chi connectivity index (χ0) is 20.5. The van der Waals surface area contributed by atoms with Crippen LogP contribution in [-0.4, -0.2) is 39.2 Å². The summed E-state index contributed by atoms with van der Waals surface area (Å²) < 4.78 is 18.6. The van der Waals surface area contributed by atoms with E-state index in [1.807, 2.05) is 0 Å². The maximum absolute atomic E-state index is 13.2. The summed E-state index contributed by atoms with van der Waals surface area (Å²) in [5.74, 6) is -1.45. The second kappa shape index (κ2) is 7.58. The van der Waals surface area contributed by atoms with Gasteiger partial charge in [-0.2, -0.15) is 0 Å². The van der Waals surface area contributed by atoms with E-state index in [1.54, 1.807) is 39.0 Å². The van der Waals surface area contributed by atoms with Crippen molar-refractivity contribution in [2.75, 3.05) is 6.54 Å². The van der Waals surface area contributed by atoms with Gasteiger partial charge in [0.25, 0.3) is 0 Å². The number of aromatic nitrogens is 1. The molecule has 1 aromatic heterocycles. The Hall–Kier alpha value is -2.96. The lowest BCUT2D eigenvalue weighted by atomic mass is 9.93. The van der Waals surface area contributed by atoms with Gasteiger partial charge in [0.2, 0.25) is 0 Å². The number of carbonyl (C=O) groups is 2. The fraction of sp³-hybridized carbons (Fsp3) is 0.381. The fourth-order valence-electron chi connectivity index (χ4n) is 3.20. The van der Waals surface area contributed by atoms with Crippen LogP contribution < -0.4 is 0 Å². The van der Waals surface area contributed by atoms with Gasteiger partial charge in [-0.3, -0.25) is 0 Å². The van der Waals surface area contributed by atoms with Crippen LogP contribution >= 0.6 is 0 Å². The Balaban J connectivity index is 1.91. The van der Waals surface area contributed by atoms with Gasteiger partial charge in [0, 0.05) is 6.54 Å². The number of halogens is 1. The van der Waals surface area contributed by atoms with Crippen LogP contribution in [0.3, 0.4) is 0 Å². The lowest BCUT2D eigenvalue weighted by molar-refractivity contribution is 0.0220. The smallest absolute Gasteiger partial charge is 0.410 e. The van der Waals surface area contributed by atoms with E-state index in [9.17, 15) is 19.1 Å². The minimum atomic E-state index is -1.13. The van der Waals surface area contributed by atoms with Crippen molar-refractivity contribution in [2.24, 2.45) is 0 Å². The molecule has 0 atom stereocenters. The summed E-state index contributed by atoms with van der Waals surface area (Å²) in [6, 6.07) is 7.68. The van der Waals surface area contributed by atoms with Crippen molar-refractivity contribution in [3.05, 3.63) is 64.2 Å². The Labute approximate surface area is 163 Å². The average molecular weight is 386 g/mol. The van der Waals surface area contributed by atoms with E-state index in [0.29, 0.717) is 25.1 Å². The number of ether oxygens (including phenoxy) is 1. The van der Waals surface area contributed by atoms with Crippen molar-refractivity contribution in [3.63, 3.8) is 0 Å². The van der Waals surface area contributed by atoms with Crippen LogP contribution in [0.15, 0.2) is 30.3 Å². The molecule has 1 aromatic carbocycles. The molecule has 0 aliphatic carbocycles. The van der Waals surface area contributed by atoms with Crippen molar-refractivity contribution in [3.8, 4) is 0 Å². The van der Waals surface area contributed by atoms with E-state index in [0.717, 1.165) is 16.7 Å². The SMILES string of the molecule is CC(C)(C)OC(=O)N1CCc2c(Cc3ccc(F)cc3)cc(C(=O)O)nc2C1. The summed E-state index contributed by atoms with van der Waals surface area (Å²) in [5, 5.41) is 9.42. The Bertz CT molecular complexity index is 904. The van der Waals surface area contributed by atoms with Gasteiger partial charge in [0.05, 0.1) is 12.2 Å². The Kier molecular flexibility index (Phi) is 5.36. The van der Waals surface area contributed by atoms with Gasteiger partial charge in [-0.15, -0.1) is 0 Å². The maximum Gasteiger partial charge on any atom is 0.410 e. The molecule has 7 heteroatoms. The molecule has 1 N–H and O–H groups in total. The molecule has 28 heavy (non-hydrogen) atoms. The summed E-state index contributed by atoms with van der Waals surface area (Å²) in [6.07, 6.45) is 0.580. The highest BCUT2D eigenvalue weighted by Crippen LogP contribution is 2.26. The number of carboxylic acid groups (broad SMARTS) is 1. The first-order valence-corrected chi connectivity index (χ1v) is 9.10. The molecular weight excluding hydrogens is 363 g/mol. The summed E-state index contributed by atoms with van der Waals surface area (Å²) in [6.45, 7) is 6.05. The first kappa shape index (κ1) is 19.8. The zero-order valence-corrected chi connectivity index (χ0v) is 16.2. The number of nitrogens with zero attached hydrogens (tertiary/aromatic N) is 2. The van der Waals surface area contributed by atoms with Crippen molar-refractivity contribution in [2.45, 2.75) is 45.8 Å². The highest BCUT2D eigenvalue weighted by Gasteiger charge is 2.28. The fourth-order valence-corrected chi connectivity index (χ4v) is 3.20. The lowest BCUT2D eigenvalue weighted by Gasteiger charge is -2.31. The molecule has 1 amide bonds. The Morgan fingerprint density at radius 1 is 1.25 bits per heavy atom. The van der Waals surface area contributed by atoms with Crippen LogP contribution in [0.4, 0.5) is 9.18 Å². The first-order chi connectivity index (χ1) is 13.1. The summed E-state index contributed by atoms with van der Waals surface area (Å²) in [5.41, 5.74) is 2.53. The summed E-state index contributed by atoms with van der Waals surface area (Å²) in [7, 11) is 0. The molecule has 0 fully saturated rings. The van der Waals surface area contributed by atoms with Gasteiger partial charge < -0.3 is 14.7 Å². The lowest BCUT2D eigenvalue weighted by Crippen LogP contribution is -2.40. The number of carboxylic acids is 1. The number of benzene rings is 1. The summed E-state index contributed by atoms with van der Waals surface area (Å²) in [4.78, 5) is 29.7. The molecule has 1 aliphatic rings. The monoisotopic (exact) mass is 386 g/mol. The van der Waals surface area contributed by atoms with Gasteiger partial charge >= 0.3 is 12.1 Å². The average Bonchev–Trinajstić information content (AvgIpc) is 2.61. The highest BCUT2D eigenvalue weighted by atomic mass is 19.1. The molecule has 3 rings (SSSR count). The van der Waals surface area contributed by atoms with Crippen LogP contribution in [0.1, 0.15) is 53.6 Å². The number of hydrogen-bond acceptors (Lipinski definition) is 4. The van der Waals surface area contributed by atoms with Crippen molar-refractivity contribution in [1.82, 2.24) is 9.88 Å². The molecule has 6 nitrogen and oxygen atoms in total. The van der Waals surface area contributed by atoms with E-state index in [-0.39, 0.29) is 18.1 Å². The Morgan fingerprint density at radius 2 is 1.93 bits per heavy atom. The third kappa shape index (κ3) is 4.65. The maximum atomic E-state index is 13.2. The minimum Gasteiger partial charge on any atom is -0.477 e. The number of amides is 1. The van der Waals surface area contributed by atoms with Gasteiger partial charge in [-0.1, -0.05) is 12.1 Å². The predicted octanol–water partition coefficient (Wildman–Crippen LogP) is 3.80. The van der Waals surface area contributed by atoms with Gasteiger partial charge in [-0.05, 0) is 68.5 Å². The molecule has 2 heterocycles. The second-order valence-electron chi connectivity index (χ2n) is 7.85. The van der Waals surface area contributed by atoms with Crippen molar-refractivity contribution in [1.29, 1.82) is 0 Å². The van der Waals surface area contributed by atoms with Crippen LogP contribution in [0, 0.1) is 5.82 Å². The van der Waals surface area contributed by atoms with Gasteiger partial charge in [0.1, 0.15) is 17.1 Å². The van der Waals surface area contributed by atoms with E-state index >= 15 is 0 Å². The van der Waals surface area contributed by atoms with E-state index < -0.39 is 17.7 Å². The van der Waals surface area contributed by atoms with Gasteiger partial charge in [0.15, 0.2) is 0 Å². The van der Waals surface area contributed by atoms with Crippen LogP contribution in [0.25, 0.3) is 0 Å². The molecule has 0 unspecified atom stereocenters. The molecule has 148 valence electrons. The van der Waals surface area contributed by atoms with E-state index in [2.05, 4.69) is 4.98 Å². The highest BCUT2D eigenvalue weighted by molar-refractivity contribution is 5.85. The quantitative estimate of drug-likeness (QED) is 0.868. The number of rotatable bonds is 3. The summed E-state index contributed by atoms with van der Waals surface area (Å²) >= 11 is 0. The number of pyridine rings is 1. The van der Waals surface area contributed by atoms with Crippen LogP contribution in [-0.2, 0) is 24.1 Å². The standard InChI is InChI=1S/C21H23FN2O4/c1-21(2,3)28-20(27)24-9-8-16-14(10-13-4-6-15(22)7-5-13)11-17(19(25)26)23-18(16)12-24/h4-7,11H,8-10,12H2,1-3H3,(H,25,26). The first-order valence-electron chi connectivity index (χ1n) is 9.10. The topological polar surface area (TPSA) is 79.7 Å². The molecular formula is C21H23FN2O4. The van der Waals surface area contributed by atoms with E-state index in [1.165, 1.54) is 17.0 Å². The normalized spacial score (nSPS) is 13.8. The van der Waals surface area contributed by atoms with Crippen molar-refractivity contribution >= 4 is 12.1 Å².